The molecule has 0 aliphatic rings. The SMILES string of the molecule is C=C(/C=C\CC)N(CC)N(C)C. The molecule has 0 aliphatic carbocycles. The van der Waals surface area contributed by atoms with Crippen molar-refractivity contribution >= 4 is 0 Å². The smallest absolute Gasteiger partial charge is 0.0446 e. The summed E-state index contributed by atoms with van der Waals surface area (Å²) in [5.41, 5.74) is 1.05. The third kappa shape index (κ3) is 3.58. The van der Waals surface area contributed by atoms with Crippen LogP contribution in [-0.4, -0.2) is 30.7 Å². The fourth-order valence-electron chi connectivity index (χ4n) is 1.08. The second kappa shape index (κ2) is 5.84. The zero-order valence-electron chi connectivity index (χ0n) is 8.67. The fourth-order valence-corrected chi connectivity index (χ4v) is 1.08. The van der Waals surface area contributed by atoms with Crippen molar-refractivity contribution in [1.29, 1.82) is 0 Å². The maximum Gasteiger partial charge on any atom is 0.0446 e. The molecule has 0 aromatic rings. The molecule has 2 nitrogen and oxygen atoms in total. The van der Waals surface area contributed by atoms with Crippen LogP contribution in [0, 0.1) is 0 Å². The van der Waals surface area contributed by atoms with Gasteiger partial charge in [0.2, 0.25) is 0 Å². The summed E-state index contributed by atoms with van der Waals surface area (Å²) in [5, 5.41) is 4.16. The second-order valence-corrected chi connectivity index (χ2v) is 2.86. The highest BCUT2D eigenvalue weighted by Crippen LogP contribution is 2.04. The molecule has 0 radical (unpaired) electrons. The lowest BCUT2D eigenvalue weighted by molar-refractivity contribution is 0.0779. The lowest BCUT2D eigenvalue weighted by Gasteiger charge is -2.29. The molecule has 0 aliphatic heterocycles. The fraction of sp³-hybridized carbons (Fsp3) is 0.600. The number of nitrogens with zero attached hydrogens (tertiary/aromatic N) is 2. The van der Waals surface area contributed by atoms with Crippen LogP contribution in [-0.2, 0) is 0 Å². The summed E-state index contributed by atoms with van der Waals surface area (Å²) in [5.74, 6) is 0. The molecular formula is C10H20N2. The quantitative estimate of drug-likeness (QED) is 0.459. The highest BCUT2D eigenvalue weighted by Gasteiger charge is 2.03. The summed E-state index contributed by atoms with van der Waals surface area (Å²) >= 11 is 0. The van der Waals surface area contributed by atoms with E-state index in [4.69, 9.17) is 0 Å². The van der Waals surface area contributed by atoms with Crippen molar-refractivity contribution in [1.82, 2.24) is 10.0 Å². The van der Waals surface area contributed by atoms with Gasteiger partial charge in [-0.1, -0.05) is 19.6 Å². The third-order valence-electron chi connectivity index (χ3n) is 1.66. The second-order valence-electron chi connectivity index (χ2n) is 2.86. The summed E-state index contributed by atoms with van der Waals surface area (Å²) in [4.78, 5) is 0. The van der Waals surface area contributed by atoms with E-state index >= 15 is 0 Å². The molecule has 0 saturated carbocycles. The van der Waals surface area contributed by atoms with Crippen LogP contribution in [0.2, 0.25) is 0 Å². The average Bonchev–Trinajstić information content (AvgIpc) is 2.01. The Hall–Kier alpha value is -0.760. The van der Waals surface area contributed by atoms with Crippen LogP contribution >= 0.6 is 0 Å². The van der Waals surface area contributed by atoms with Crippen LogP contribution in [0.5, 0.6) is 0 Å². The molecule has 0 spiro atoms. The van der Waals surface area contributed by atoms with Crippen LogP contribution in [0.15, 0.2) is 24.4 Å². The van der Waals surface area contributed by atoms with E-state index in [0.717, 1.165) is 18.7 Å². The van der Waals surface area contributed by atoms with Gasteiger partial charge in [0, 0.05) is 26.3 Å². The molecule has 0 N–H and O–H groups in total. The van der Waals surface area contributed by atoms with Crippen molar-refractivity contribution in [2.75, 3.05) is 20.6 Å². The minimum Gasteiger partial charge on any atom is -0.307 e. The third-order valence-corrected chi connectivity index (χ3v) is 1.66. The molecule has 0 amide bonds. The molecular weight excluding hydrogens is 148 g/mol. The molecule has 12 heavy (non-hydrogen) atoms. The number of rotatable bonds is 5. The Balaban J connectivity index is 4.12. The van der Waals surface area contributed by atoms with E-state index in [-0.39, 0.29) is 0 Å². The van der Waals surface area contributed by atoms with Crippen LogP contribution in [0.1, 0.15) is 20.3 Å². The summed E-state index contributed by atoms with van der Waals surface area (Å²) in [7, 11) is 4.04. The first kappa shape index (κ1) is 11.2. The Kier molecular flexibility index (Phi) is 5.47. The minimum absolute atomic E-state index is 0.958. The first-order chi connectivity index (χ1) is 5.63. The Morgan fingerprint density at radius 3 is 2.25 bits per heavy atom. The van der Waals surface area contributed by atoms with Gasteiger partial charge in [-0.2, -0.15) is 0 Å². The Labute approximate surface area is 76.1 Å². The van der Waals surface area contributed by atoms with Crippen LogP contribution in [0.3, 0.4) is 0 Å². The molecule has 0 bridgehead atoms. The molecule has 0 atom stereocenters. The molecule has 0 rings (SSSR count). The van der Waals surface area contributed by atoms with Crippen molar-refractivity contribution in [3.8, 4) is 0 Å². The number of likely N-dealkylation sites (N-methyl/N-ethyl adjacent to an activating group) is 1. The van der Waals surface area contributed by atoms with Gasteiger partial charge in [0.1, 0.15) is 0 Å². The van der Waals surface area contributed by atoms with Gasteiger partial charge >= 0.3 is 0 Å². The van der Waals surface area contributed by atoms with Crippen LogP contribution in [0.25, 0.3) is 0 Å². The molecule has 0 aromatic heterocycles. The predicted molar refractivity (Wildman–Crippen MR) is 54.6 cm³/mol. The summed E-state index contributed by atoms with van der Waals surface area (Å²) in [6.45, 7) is 9.18. The Bertz CT molecular complexity index is 159. The monoisotopic (exact) mass is 168 g/mol. The summed E-state index contributed by atoms with van der Waals surface area (Å²) < 4.78 is 0. The van der Waals surface area contributed by atoms with Crippen molar-refractivity contribution in [3.05, 3.63) is 24.4 Å². The molecule has 0 aromatic carbocycles. The van der Waals surface area contributed by atoms with Gasteiger partial charge in [0.15, 0.2) is 0 Å². The molecule has 2 heteroatoms. The van der Waals surface area contributed by atoms with E-state index < -0.39 is 0 Å². The summed E-state index contributed by atoms with van der Waals surface area (Å²) in [6.07, 6.45) is 5.24. The predicted octanol–water partition coefficient (Wildman–Crippen LogP) is 2.26. The molecule has 70 valence electrons. The van der Waals surface area contributed by atoms with Gasteiger partial charge < -0.3 is 5.01 Å². The zero-order valence-corrected chi connectivity index (χ0v) is 8.67. The molecule has 0 unspecified atom stereocenters. The normalized spacial score (nSPS) is 11.1. The number of allylic oxidation sites excluding steroid dienone is 2. The van der Waals surface area contributed by atoms with Crippen LogP contribution in [0.4, 0.5) is 0 Å². The molecule has 0 heterocycles. The van der Waals surface area contributed by atoms with E-state index in [1.807, 2.05) is 19.1 Å². The van der Waals surface area contributed by atoms with Crippen molar-refractivity contribution in [2.45, 2.75) is 20.3 Å². The lowest BCUT2D eigenvalue weighted by atomic mass is 10.3. The first-order valence-electron chi connectivity index (χ1n) is 4.43. The molecule has 0 fully saturated rings. The molecule has 0 saturated heterocycles. The number of hydrogen-bond donors (Lipinski definition) is 0. The first-order valence-corrected chi connectivity index (χ1v) is 4.43. The highest BCUT2D eigenvalue weighted by atomic mass is 15.6. The maximum atomic E-state index is 3.98. The lowest BCUT2D eigenvalue weighted by Crippen LogP contribution is -2.34. The Morgan fingerprint density at radius 2 is 1.92 bits per heavy atom. The van der Waals surface area contributed by atoms with Gasteiger partial charge in [-0.05, 0) is 19.4 Å². The van der Waals surface area contributed by atoms with E-state index in [9.17, 15) is 0 Å². The van der Waals surface area contributed by atoms with Crippen molar-refractivity contribution in [2.24, 2.45) is 0 Å². The standard InChI is InChI=1S/C10H20N2/c1-6-8-9-10(3)12(7-2)11(4)5/h8-9H,3,6-7H2,1-2,4-5H3/b9-8-. The van der Waals surface area contributed by atoms with Gasteiger partial charge in [-0.3, -0.25) is 0 Å². The van der Waals surface area contributed by atoms with Gasteiger partial charge in [-0.15, -0.1) is 0 Å². The highest BCUT2D eigenvalue weighted by molar-refractivity contribution is 5.11. The van der Waals surface area contributed by atoms with E-state index in [1.54, 1.807) is 0 Å². The summed E-state index contributed by atoms with van der Waals surface area (Å²) in [6, 6.07) is 0. The number of hydrazine groups is 1. The maximum absolute atomic E-state index is 3.98. The van der Waals surface area contributed by atoms with E-state index in [2.05, 4.69) is 37.6 Å². The van der Waals surface area contributed by atoms with Gasteiger partial charge in [0.25, 0.3) is 0 Å². The average molecular weight is 168 g/mol. The van der Waals surface area contributed by atoms with E-state index in [1.165, 1.54) is 0 Å². The van der Waals surface area contributed by atoms with Crippen molar-refractivity contribution < 1.29 is 0 Å². The van der Waals surface area contributed by atoms with Crippen LogP contribution < -0.4 is 0 Å². The van der Waals surface area contributed by atoms with Crippen molar-refractivity contribution in [3.63, 3.8) is 0 Å². The zero-order chi connectivity index (χ0) is 9.56. The topological polar surface area (TPSA) is 6.48 Å². The van der Waals surface area contributed by atoms with Gasteiger partial charge in [0.05, 0.1) is 0 Å². The largest absolute Gasteiger partial charge is 0.307 e. The number of hydrogen-bond acceptors (Lipinski definition) is 2. The van der Waals surface area contributed by atoms with Gasteiger partial charge in [-0.25, -0.2) is 5.01 Å². The minimum atomic E-state index is 0.958. The Morgan fingerprint density at radius 1 is 1.33 bits per heavy atom. The van der Waals surface area contributed by atoms with E-state index in [0.29, 0.717) is 0 Å².